The Balaban J connectivity index is 2.43. The Hall–Kier alpha value is -1.55. The van der Waals surface area contributed by atoms with Crippen LogP contribution in [0.25, 0.3) is 0 Å². The lowest BCUT2D eigenvalue weighted by Gasteiger charge is -2.05. The van der Waals surface area contributed by atoms with Gasteiger partial charge in [0.2, 0.25) is 0 Å². The summed E-state index contributed by atoms with van der Waals surface area (Å²) in [7, 11) is 0. The fourth-order valence-corrected chi connectivity index (χ4v) is 1.20. The molecule has 0 atom stereocenters. The second-order valence-corrected chi connectivity index (χ2v) is 3.51. The van der Waals surface area contributed by atoms with E-state index in [-0.39, 0.29) is 18.9 Å². The Kier molecular flexibility index (Phi) is 4.79. The molecule has 5 heteroatoms. The van der Waals surface area contributed by atoms with Gasteiger partial charge in [0.05, 0.1) is 0 Å². The van der Waals surface area contributed by atoms with Crippen LogP contribution in [0.2, 0.25) is 5.02 Å². The normalized spacial score (nSPS) is 9.62. The maximum Gasteiger partial charge on any atom is 0.306 e. The Morgan fingerprint density at radius 2 is 2.19 bits per heavy atom. The predicted molar refractivity (Wildman–Crippen MR) is 61.3 cm³/mol. The van der Waals surface area contributed by atoms with Crippen molar-refractivity contribution in [1.82, 2.24) is 0 Å². The van der Waals surface area contributed by atoms with Gasteiger partial charge >= 0.3 is 5.97 Å². The minimum absolute atomic E-state index is 0.254. The number of rotatable bonds is 4. The highest BCUT2D eigenvalue weighted by molar-refractivity contribution is 6.30. The van der Waals surface area contributed by atoms with Crippen molar-refractivity contribution in [2.24, 2.45) is 0 Å². The van der Waals surface area contributed by atoms with Crippen LogP contribution < -0.4 is 5.32 Å². The van der Waals surface area contributed by atoms with E-state index in [9.17, 15) is 9.59 Å². The molecule has 0 heterocycles. The Morgan fingerprint density at radius 1 is 1.44 bits per heavy atom. The van der Waals surface area contributed by atoms with Gasteiger partial charge in [0.15, 0.2) is 6.61 Å². The lowest BCUT2D eigenvalue weighted by molar-refractivity contribution is -0.146. The molecule has 0 saturated heterocycles. The number of benzene rings is 1. The molecule has 4 nitrogen and oxygen atoms in total. The molecule has 0 unspecified atom stereocenters. The maximum absolute atomic E-state index is 11.3. The van der Waals surface area contributed by atoms with Crippen molar-refractivity contribution in [3.8, 4) is 0 Å². The zero-order valence-electron chi connectivity index (χ0n) is 8.83. The molecule has 0 spiro atoms. The summed E-state index contributed by atoms with van der Waals surface area (Å²) in [6.07, 6.45) is 0.254. The van der Waals surface area contributed by atoms with Crippen LogP contribution in [0.15, 0.2) is 24.3 Å². The average molecular weight is 242 g/mol. The number of ether oxygens (including phenoxy) is 1. The number of carbonyl (C=O) groups is 2. The first-order chi connectivity index (χ1) is 7.61. The van der Waals surface area contributed by atoms with E-state index in [4.69, 9.17) is 11.6 Å². The summed E-state index contributed by atoms with van der Waals surface area (Å²) >= 11 is 5.74. The summed E-state index contributed by atoms with van der Waals surface area (Å²) in [4.78, 5) is 22.1. The number of carbonyl (C=O) groups excluding carboxylic acids is 2. The molecule has 0 saturated carbocycles. The van der Waals surface area contributed by atoms with Crippen molar-refractivity contribution in [2.75, 3.05) is 11.9 Å². The van der Waals surface area contributed by atoms with Crippen molar-refractivity contribution < 1.29 is 14.3 Å². The number of anilines is 1. The minimum Gasteiger partial charge on any atom is -0.456 e. The zero-order valence-corrected chi connectivity index (χ0v) is 9.58. The number of hydrogen-bond acceptors (Lipinski definition) is 3. The first kappa shape index (κ1) is 12.5. The van der Waals surface area contributed by atoms with Crippen LogP contribution in [0.3, 0.4) is 0 Å². The topological polar surface area (TPSA) is 55.4 Å². The fraction of sp³-hybridized carbons (Fsp3) is 0.273. The van der Waals surface area contributed by atoms with Crippen LogP contribution in [0.1, 0.15) is 13.3 Å². The van der Waals surface area contributed by atoms with Crippen LogP contribution in [-0.4, -0.2) is 18.5 Å². The summed E-state index contributed by atoms with van der Waals surface area (Å²) in [5.41, 5.74) is 0.574. The van der Waals surface area contributed by atoms with E-state index in [1.54, 1.807) is 31.2 Å². The van der Waals surface area contributed by atoms with Gasteiger partial charge in [-0.3, -0.25) is 9.59 Å². The van der Waals surface area contributed by atoms with E-state index < -0.39 is 5.97 Å². The van der Waals surface area contributed by atoms with E-state index in [0.29, 0.717) is 10.7 Å². The first-order valence-corrected chi connectivity index (χ1v) is 5.20. The fourth-order valence-electron chi connectivity index (χ4n) is 1.01. The van der Waals surface area contributed by atoms with Crippen LogP contribution >= 0.6 is 11.6 Å². The van der Waals surface area contributed by atoms with Gasteiger partial charge in [0.25, 0.3) is 5.91 Å². The summed E-state index contributed by atoms with van der Waals surface area (Å²) in [5, 5.41) is 3.09. The highest BCUT2D eigenvalue weighted by Gasteiger charge is 2.05. The standard InChI is InChI=1S/C11H12ClNO3/c1-2-11(15)16-7-10(14)13-9-5-3-4-8(12)6-9/h3-6H,2,7H2,1H3,(H,13,14). The van der Waals surface area contributed by atoms with Crippen molar-refractivity contribution >= 4 is 29.2 Å². The molecule has 0 aliphatic rings. The second kappa shape index (κ2) is 6.12. The molecule has 0 aliphatic heterocycles. The summed E-state index contributed by atoms with van der Waals surface area (Å²) in [6.45, 7) is 1.39. The smallest absolute Gasteiger partial charge is 0.306 e. The zero-order chi connectivity index (χ0) is 12.0. The van der Waals surface area contributed by atoms with E-state index in [2.05, 4.69) is 10.1 Å². The number of hydrogen-bond donors (Lipinski definition) is 1. The molecular formula is C11H12ClNO3. The molecule has 1 aromatic rings. The van der Waals surface area contributed by atoms with Gasteiger partial charge in [-0.15, -0.1) is 0 Å². The summed E-state index contributed by atoms with van der Waals surface area (Å²) in [5.74, 6) is -0.787. The van der Waals surface area contributed by atoms with E-state index in [1.165, 1.54) is 0 Å². The number of amides is 1. The molecule has 0 aliphatic carbocycles. The van der Waals surface area contributed by atoms with Crippen molar-refractivity contribution in [3.63, 3.8) is 0 Å². The van der Waals surface area contributed by atoms with Crippen molar-refractivity contribution in [1.29, 1.82) is 0 Å². The van der Waals surface area contributed by atoms with Gasteiger partial charge in [-0.25, -0.2) is 0 Å². The molecule has 0 fully saturated rings. The second-order valence-electron chi connectivity index (χ2n) is 3.07. The lowest BCUT2D eigenvalue weighted by Crippen LogP contribution is -2.20. The molecule has 1 aromatic carbocycles. The van der Waals surface area contributed by atoms with Gasteiger partial charge in [0.1, 0.15) is 0 Å². The maximum atomic E-state index is 11.3. The van der Waals surface area contributed by atoms with Gasteiger partial charge in [-0.2, -0.15) is 0 Å². The number of esters is 1. The SMILES string of the molecule is CCC(=O)OCC(=O)Nc1cccc(Cl)c1. The van der Waals surface area contributed by atoms with Crippen molar-refractivity contribution in [2.45, 2.75) is 13.3 Å². The van der Waals surface area contributed by atoms with Crippen LogP contribution in [0.4, 0.5) is 5.69 Å². The molecule has 1 N–H and O–H groups in total. The molecule has 0 bridgehead atoms. The molecule has 0 aromatic heterocycles. The Morgan fingerprint density at radius 3 is 2.81 bits per heavy atom. The number of halogens is 1. The lowest BCUT2D eigenvalue weighted by atomic mass is 10.3. The third-order valence-electron chi connectivity index (χ3n) is 1.76. The Labute approximate surface area is 98.5 Å². The summed E-state index contributed by atoms with van der Waals surface area (Å²) < 4.78 is 4.67. The molecule has 16 heavy (non-hydrogen) atoms. The third-order valence-corrected chi connectivity index (χ3v) is 2.00. The van der Waals surface area contributed by atoms with Crippen LogP contribution in [-0.2, 0) is 14.3 Å². The number of nitrogens with one attached hydrogen (secondary N) is 1. The predicted octanol–water partition coefficient (Wildman–Crippen LogP) is 2.23. The highest BCUT2D eigenvalue weighted by atomic mass is 35.5. The van der Waals surface area contributed by atoms with Gasteiger partial charge < -0.3 is 10.1 Å². The van der Waals surface area contributed by atoms with Crippen molar-refractivity contribution in [3.05, 3.63) is 29.3 Å². The molecule has 0 radical (unpaired) electrons. The third kappa shape index (κ3) is 4.31. The van der Waals surface area contributed by atoms with Gasteiger partial charge in [0, 0.05) is 17.1 Å². The minimum atomic E-state index is -0.402. The monoisotopic (exact) mass is 241 g/mol. The first-order valence-electron chi connectivity index (χ1n) is 4.83. The Bertz CT molecular complexity index is 393. The van der Waals surface area contributed by atoms with Gasteiger partial charge in [-0.05, 0) is 18.2 Å². The van der Waals surface area contributed by atoms with E-state index >= 15 is 0 Å². The van der Waals surface area contributed by atoms with Crippen LogP contribution in [0.5, 0.6) is 0 Å². The van der Waals surface area contributed by atoms with Gasteiger partial charge in [-0.1, -0.05) is 24.6 Å². The van der Waals surface area contributed by atoms with E-state index in [1.807, 2.05) is 0 Å². The quantitative estimate of drug-likeness (QED) is 0.823. The summed E-state index contributed by atoms with van der Waals surface area (Å²) in [6, 6.07) is 6.73. The molecule has 1 rings (SSSR count). The molecular weight excluding hydrogens is 230 g/mol. The highest BCUT2D eigenvalue weighted by Crippen LogP contribution is 2.14. The average Bonchev–Trinajstić information content (AvgIpc) is 2.26. The van der Waals surface area contributed by atoms with Crippen LogP contribution in [0, 0.1) is 0 Å². The van der Waals surface area contributed by atoms with E-state index in [0.717, 1.165) is 0 Å². The molecule has 1 amide bonds. The molecule has 86 valence electrons. The largest absolute Gasteiger partial charge is 0.456 e.